The van der Waals surface area contributed by atoms with Crippen molar-refractivity contribution in [3.63, 3.8) is 0 Å². The van der Waals surface area contributed by atoms with Gasteiger partial charge in [0.1, 0.15) is 5.56 Å². The molecule has 0 aliphatic heterocycles. The molecule has 5 nitrogen and oxygen atoms in total. The van der Waals surface area contributed by atoms with Gasteiger partial charge in [0.2, 0.25) is 0 Å². The van der Waals surface area contributed by atoms with Crippen molar-refractivity contribution in [1.29, 1.82) is 0 Å². The molecule has 0 aliphatic carbocycles. The van der Waals surface area contributed by atoms with Crippen LogP contribution in [-0.2, 0) is 6.54 Å². The van der Waals surface area contributed by atoms with Crippen molar-refractivity contribution in [3.8, 4) is 0 Å². The SMILES string of the molecule is Cc1c(C(=O)O)cnn1Cc1ccncc1. The van der Waals surface area contributed by atoms with E-state index < -0.39 is 5.97 Å². The Bertz CT molecular complexity index is 505. The average Bonchev–Trinajstić information content (AvgIpc) is 2.62. The van der Waals surface area contributed by atoms with Gasteiger partial charge in [0.05, 0.1) is 18.4 Å². The smallest absolute Gasteiger partial charge is 0.339 e. The molecule has 0 amide bonds. The maximum absolute atomic E-state index is 10.8. The molecule has 0 saturated carbocycles. The van der Waals surface area contributed by atoms with E-state index in [0.29, 0.717) is 12.2 Å². The van der Waals surface area contributed by atoms with E-state index in [1.807, 2.05) is 12.1 Å². The fourth-order valence-electron chi connectivity index (χ4n) is 1.48. The van der Waals surface area contributed by atoms with Gasteiger partial charge in [-0.15, -0.1) is 0 Å². The Morgan fingerprint density at radius 1 is 1.44 bits per heavy atom. The van der Waals surface area contributed by atoms with Crippen LogP contribution in [0.4, 0.5) is 0 Å². The van der Waals surface area contributed by atoms with Crippen molar-refractivity contribution in [3.05, 3.63) is 47.5 Å². The van der Waals surface area contributed by atoms with Crippen molar-refractivity contribution < 1.29 is 9.90 Å². The van der Waals surface area contributed by atoms with Crippen molar-refractivity contribution >= 4 is 5.97 Å². The molecule has 2 aromatic rings. The number of carbonyl (C=O) groups is 1. The van der Waals surface area contributed by atoms with Gasteiger partial charge in [0.25, 0.3) is 0 Å². The molecule has 2 rings (SSSR count). The summed E-state index contributed by atoms with van der Waals surface area (Å²) >= 11 is 0. The first-order chi connectivity index (χ1) is 7.68. The van der Waals surface area contributed by atoms with E-state index in [0.717, 1.165) is 5.56 Å². The quantitative estimate of drug-likeness (QED) is 0.842. The zero-order valence-corrected chi connectivity index (χ0v) is 8.79. The largest absolute Gasteiger partial charge is 0.478 e. The maximum Gasteiger partial charge on any atom is 0.339 e. The van der Waals surface area contributed by atoms with Crippen LogP contribution in [0.2, 0.25) is 0 Å². The minimum atomic E-state index is -0.946. The zero-order chi connectivity index (χ0) is 11.5. The summed E-state index contributed by atoms with van der Waals surface area (Å²) < 4.78 is 1.67. The van der Waals surface area contributed by atoms with E-state index in [4.69, 9.17) is 5.11 Å². The molecule has 82 valence electrons. The van der Waals surface area contributed by atoms with Crippen molar-refractivity contribution in [1.82, 2.24) is 14.8 Å². The molecule has 0 aliphatic rings. The van der Waals surface area contributed by atoms with Gasteiger partial charge in [-0.2, -0.15) is 5.10 Å². The van der Waals surface area contributed by atoms with Gasteiger partial charge in [-0.1, -0.05) is 0 Å². The minimum absolute atomic E-state index is 0.244. The molecule has 0 atom stereocenters. The lowest BCUT2D eigenvalue weighted by Gasteiger charge is -2.04. The Balaban J connectivity index is 2.26. The predicted octanol–water partition coefficient (Wildman–Crippen LogP) is 1.33. The third kappa shape index (κ3) is 1.93. The van der Waals surface area contributed by atoms with Crippen LogP contribution in [0.3, 0.4) is 0 Å². The number of pyridine rings is 1. The molecule has 0 aromatic carbocycles. The van der Waals surface area contributed by atoms with Crippen molar-refractivity contribution in [2.24, 2.45) is 0 Å². The normalized spacial score (nSPS) is 10.3. The average molecular weight is 217 g/mol. The van der Waals surface area contributed by atoms with Crippen molar-refractivity contribution in [2.75, 3.05) is 0 Å². The number of carboxylic acids is 1. The summed E-state index contributed by atoms with van der Waals surface area (Å²) in [5.41, 5.74) is 1.94. The van der Waals surface area contributed by atoms with Crippen LogP contribution in [-0.4, -0.2) is 25.8 Å². The highest BCUT2D eigenvalue weighted by atomic mass is 16.4. The van der Waals surface area contributed by atoms with Crippen LogP contribution in [0.1, 0.15) is 21.6 Å². The number of hydrogen-bond donors (Lipinski definition) is 1. The molecule has 0 spiro atoms. The molecule has 0 bridgehead atoms. The number of carboxylic acid groups (broad SMARTS) is 1. The summed E-state index contributed by atoms with van der Waals surface area (Å²) in [6.45, 7) is 2.30. The second-order valence-corrected chi connectivity index (χ2v) is 3.46. The molecule has 0 unspecified atom stereocenters. The second kappa shape index (κ2) is 4.14. The molecule has 0 saturated heterocycles. The minimum Gasteiger partial charge on any atom is -0.478 e. The lowest BCUT2D eigenvalue weighted by atomic mass is 10.2. The standard InChI is InChI=1S/C11H11N3O2/c1-8-10(11(15)16)6-13-14(8)7-9-2-4-12-5-3-9/h2-6H,7H2,1H3,(H,15,16). The van der Waals surface area contributed by atoms with Crippen molar-refractivity contribution in [2.45, 2.75) is 13.5 Å². The topological polar surface area (TPSA) is 68.0 Å². The summed E-state index contributed by atoms with van der Waals surface area (Å²) in [4.78, 5) is 14.7. The lowest BCUT2D eigenvalue weighted by molar-refractivity contribution is 0.0696. The van der Waals surface area contributed by atoms with Crippen LogP contribution in [0, 0.1) is 6.92 Å². The zero-order valence-electron chi connectivity index (χ0n) is 8.79. The van der Waals surface area contributed by atoms with E-state index in [9.17, 15) is 4.79 Å². The molecular weight excluding hydrogens is 206 g/mol. The van der Waals surface area contributed by atoms with Crippen LogP contribution >= 0.6 is 0 Å². The number of nitrogens with zero attached hydrogens (tertiary/aromatic N) is 3. The highest BCUT2D eigenvalue weighted by Gasteiger charge is 2.12. The van der Waals surface area contributed by atoms with E-state index >= 15 is 0 Å². The Kier molecular flexibility index (Phi) is 2.68. The summed E-state index contributed by atoms with van der Waals surface area (Å²) in [7, 11) is 0. The van der Waals surface area contributed by atoms with E-state index in [1.54, 1.807) is 24.0 Å². The van der Waals surface area contributed by atoms with Gasteiger partial charge in [0, 0.05) is 12.4 Å². The molecule has 0 fully saturated rings. The predicted molar refractivity (Wildman–Crippen MR) is 57.3 cm³/mol. The highest BCUT2D eigenvalue weighted by Crippen LogP contribution is 2.09. The third-order valence-corrected chi connectivity index (χ3v) is 2.42. The van der Waals surface area contributed by atoms with Gasteiger partial charge in [-0.25, -0.2) is 4.79 Å². The number of hydrogen-bond acceptors (Lipinski definition) is 3. The second-order valence-electron chi connectivity index (χ2n) is 3.46. The van der Waals surface area contributed by atoms with Gasteiger partial charge >= 0.3 is 5.97 Å². The number of aromatic carboxylic acids is 1. The molecule has 2 aromatic heterocycles. The highest BCUT2D eigenvalue weighted by molar-refractivity contribution is 5.88. The first-order valence-corrected chi connectivity index (χ1v) is 4.83. The maximum atomic E-state index is 10.8. The molecule has 5 heteroatoms. The van der Waals surface area contributed by atoms with Gasteiger partial charge < -0.3 is 5.11 Å². The fraction of sp³-hybridized carbons (Fsp3) is 0.182. The van der Waals surface area contributed by atoms with E-state index in [1.165, 1.54) is 6.20 Å². The molecule has 16 heavy (non-hydrogen) atoms. The van der Waals surface area contributed by atoms with Gasteiger partial charge in [-0.05, 0) is 24.6 Å². The summed E-state index contributed by atoms with van der Waals surface area (Å²) in [6, 6.07) is 3.75. The first-order valence-electron chi connectivity index (χ1n) is 4.83. The van der Waals surface area contributed by atoms with Gasteiger partial charge in [0.15, 0.2) is 0 Å². The van der Waals surface area contributed by atoms with Crippen LogP contribution in [0.5, 0.6) is 0 Å². The Hall–Kier alpha value is -2.17. The fourth-order valence-corrected chi connectivity index (χ4v) is 1.48. The Morgan fingerprint density at radius 3 is 2.69 bits per heavy atom. The first kappa shape index (κ1) is 10.4. The van der Waals surface area contributed by atoms with E-state index in [-0.39, 0.29) is 5.56 Å². The summed E-state index contributed by atoms with van der Waals surface area (Å²) in [6.07, 6.45) is 4.78. The number of rotatable bonds is 3. The monoisotopic (exact) mass is 217 g/mol. The molecule has 2 heterocycles. The lowest BCUT2D eigenvalue weighted by Crippen LogP contribution is -2.05. The molecule has 0 radical (unpaired) electrons. The molecule has 1 N–H and O–H groups in total. The number of aromatic nitrogens is 3. The molecular formula is C11H11N3O2. The third-order valence-electron chi connectivity index (χ3n) is 2.42. The van der Waals surface area contributed by atoms with E-state index in [2.05, 4.69) is 10.1 Å². The Morgan fingerprint density at radius 2 is 2.12 bits per heavy atom. The summed E-state index contributed by atoms with van der Waals surface area (Å²) in [5, 5.41) is 12.9. The Labute approximate surface area is 92.4 Å². The van der Waals surface area contributed by atoms with Crippen LogP contribution in [0.25, 0.3) is 0 Å². The van der Waals surface area contributed by atoms with Crippen LogP contribution in [0.15, 0.2) is 30.7 Å². The summed E-state index contributed by atoms with van der Waals surface area (Å²) in [5.74, 6) is -0.946. The van der Waals surface area contributed by atoms with Gasteiger partial charge in [-0.3, -0.25) is 9.67 Å². The van der Waals surface area contributed by atoms with Crippen LogP contribution < -0.4 is 0 Å².